The van der Waals surface area contributed by atoms with Gasteiger partial charge in [-0.3, -0.25) is 4.79 Å². The quantitative estimate of drug-likeness (QED) is 0.872. The van der Waals surface area contributed by atoms with Crippen LogP contribution >= 0.6 is 15.9 Å². The van der Waals surface area contributed by atoms with E-state index in [1.807, 2.05) is 42.5 Å². The highest BCUT2D eigenvalue weighted by molar-refractivity contribution is 9.10. The van der Waals surface area contributed by atoms with E-state index in [9.17, 15) is 4.79 Å². The molecule has 0 bridgehead atoms. The summed E-state index contributed by atoms with van der Waals surface area (Å²) >= 11 is 3.43. The highest BCUT2D eigenvalue weighted by Crippen LogP contribution is 2.24. The van der Waals surface area contributed by atoms with Crippen LogP contribution < -0.4 is 5.32 Å². The SMILES string of the molecule is O=C(Cc1cccc(Br)c1)c1ccc2c(c1)CCN2. The highest BCUT2D eigenvalue weighted by Gasteiger charge is 2.13. The van der Waals surface area contributed by atoms with Crippen LogP contribution in [0.15, 0.2) is 46.9 Å². The maximum Gasteiger partial charge on any atom is 0.167 e. The lowest BCUT2D eigenvalue weighted by Gasteiger charge is -2.05. The molecule has 19 heavy (non-hydrogen) atoms. The largest absolute Gasteiger partial charge is 0.384 e. The first-order valence-corrected chi connectivity index (χ1v) is 7.16. The second-order valence-corrected chi connectivity index (χ2v) is 5.69. The van der Waals surface area contributed by atoms with E-state index in [2.05, 4.69) is 21.2 Å². The molecule has 0 amide bonds. The lowest BCUT2D eigenvalue weighted by atomic mass is 10.0. The predicted octanol–water partition coefficient (Wildman–Crippen LogP) is 3.84. The Kier molecular flexibility index (Phi) is 3.38. The second-order valence-electron chi connectivity index (χ2n) is 4.78. The Hall–Kier alpha value is -1.61. The Bertz CT molecular complexity index is 636. The molecule has 0 unspecified atom stereocenters. The molecule has 1 heterocycles. The topological polar surface area (TPSA) is 29.1 Å². The summed E-state index contributed by atoms with van der Waals surface area (Å²) in [5.74, 6) is 0.174. The Morgan fingerprint density at radius 3 is 2.95 bits per heavy atom. The number of hydrogen-bond donors (Lipinski definition) is 1. The van der Waals surface area contributed by atoms with Gasteiger partial charge in [-0.2, -0.15) is 0 Å². The summed E-state index contributed by atoms with van der Waals surface area (Å²) in [6.07, 6.45) is 1.46. The number of ketones is 1. The van der Waals surface area contributed by atoms with Crippen LogP contribution in [0.2, 0.25) is 0 Å². The van der Waals surface area contributed by atoms with Crippen molar-refractivity contribution in [3.8, 4) is 0 Å². The Morgan fingerprint density at radius 1 is 1.21 bits per heavy atom. The summed E-state index contributed by atoms with van der Waals surface area (Å²) in [4.78, 5) is 12.3. The van der Waals surface area contributed by atoms with E-state index in [-0.39, 0.29) is 5.78 Å². The van der Waals surface area contributed by atoms with Crippen LogP contribution in [0.4, 0.5) is 5.69 Å². The zero-order valence-electron chi connectivity index (χ0n) is 10.4. The van der Waals surface area contributed by atoms with Crippen molar-refractivity contribution in [2.24, 2.45) is 0 Å². The summed E-state index contributed by atoms with van der Waals surface area (Å²) in [6.45, 7) is 0.971. The average Bonchev–Trinajstić information content (AvgIpc) is 2.85. The first-order chi connectivity index (χ1) is 9.22. The third kappa shape index (κ3) is 2.71. The number of hydrogen-bond acceptors (Lipinski definition) is 2. The van der Waals surface area contributed by atoms with Gasteiger partial charge in [-0.25, -0.2) is 0 Å². The minimum atomic E-state index is 0.174. The van der Waals surface area contributed by atoms with E-state index in [0.29, 0.717) is 6.42 Å². The van der Waals surface area contributed by atoms with E-state index >= 15 is 0 Å². The predicted molar refractivity (Wildman–Crippen MR) is 80.8 cm³/mol. The van der Waals surface area contributed by atoms with Crippen molar-refractivity contribution in [3.05, 3.63) is 63.6 Å². The summed E-state index contributed by atoms with van der Waals surface area (Å²) in [5.41, 5.74) is 4.26. The van der Waals surface area contributed by atoms with E-state index < -0.39 is 0 Å². The monoisotopic (exact) mass is 315 g/mol. The molecule has 0 aliphatic carbocycles. The Labute approximate surface area is 121 Å². The smallest absolute Gasteiger partial charge is 0.167 e. The lowest BCUT2D eigenvalue weighted by Crippen LogP contribution is -2.04. The van der Waals surface area contributed by atoms with E-state index in [1.54, 1.807) is 0 Å². The fourth-order valence-corrected chi connectivity index (χ4v) is 2.86. The normalized spacial score (nSPS) is 12.9. The molecule has 0 aromatic heterocycles. The third-order valence-corrected chi connectivity index (χ3v) is 3.88. The fourth-order valence-electron chi connectivity index (χ4n) is 2.41. The number of carbonyl (C=O) groups excluding carboxylic acids is 1. The van der Waals surface area contributed by atoms with Crippen LogP contribution in [0.5, 0.6) is 0 Å². The van der Waals surface area contributed by atoms with Gasteiger partial charge in [0.05, 0.1) is 0 Å². The van der Waals surface area contributed by atoms with Gasteiger partial charge in [0.25, 0.3) is 0 Å². The van der Waals surface area contributed by atoms with Gasteiger partial charge in [-0.05, 0) is 47.9 Å². The maximum atomic E-state index is 12.3. The van der Waals surface area contributed by atoms with Gasteiger partial charge in [0.15, 0.2) is 5.78 Å². The molecule has 0 radical (unpaired) electrons. The third-order valence-electron chi connectivity index (χ3n) is 3.39. The van der Waals surface area contributed by atoms with Gasteiger partial charge in [0.1, 0.15) is 0 Å². The molecule has 0 saturated carbocycles. The average molecular weight is 316 g/mol. The van der Waals surface area contributed by atoms with E-state index in [4.69, 9.17) is 0 Å². The fraction of sp³-hybridized carbons (Fsp3) is 0.188. The first kappa shape index (κ1) is 12.4. The number of Topliss-reactive ketones (excluding diaryl/α,β-unsaturated/α-hetero) is 1. The van der Waals surface area contributed by atoms with Crippen LogP contribution in [-0.2, 0) is 12.8 Å². The van der Waals surface area contributed by atoms with Crippen LogP contribution in [0.3, 0.4) is 0 Å². The maximum absolute atomic E-state index is 12.3. The van der Waals surface area contributed by atoms with Gasteiger partial charge in [-0.1, -0.05) is 28.1 Å². The van der Waals surface area contributed by atoms with Crippen LogP contribution in [0.25, 0.3) is 0 Å². The molecule has 96 valence electrons. The molecule has 1 N–H and O–H groups in total. The van der Waals surface area contributed by atoms with Gasteiger partial charge >= 0.3 is 0 Å². The molecular weight excluding hydrogens is 302 g/mol. The van der Waals surface area contributed by atoms with Gasteiger partial charge < -0.3 is 5.32 Å². The van der Waals surface area contributed by atoms with Crippen molar-refractivity contribution >= 4 is 27.4 Å². The number of anilines is 1. The molecule has 0 saturated heterocycles. The Morgan fingerprint density at radius 2 is 2.11 bits per heavy atom. The van der Waals surface area contributed by atoms with Gasteiger partial charge in [0, 0.05) is 28.7 Å². The van der Waals surface area contributed by atoms with Crippen molar-refractivity contribution in [2.45, 2.75) is 12.8 Å². The first-order valence-electron chi connectivity index (χ1n) is 6.37. The Balaban J connectivity index is 1.81. The van der Waals surface area contributed by atoms with Crippen LogP contribution in [0, 0.1) is 0 Å². The molecule has 0 spiro atoms. The molecule has 0 fully saturated rings. The molecule has 3 rings (SSSR count). The van der Waals surface area contributed by atoms with Crippen molar-refractivity contribution < 1.29 is 4.79 Å². The minimum absolute atomic E-state index is 0.174. The summed E-state index contributed by atoms with van der Waals surface area (Å²) in [6, 6.07) is 13.8. The minimum Gasteiger partial charge on any atom is -0.384 e. The number of halogens is 1. The molecule has 3 heteroatoms. The number of rotatable bonds is 3. The van der Waals surface area contributed by atoms with Gasteiger partial charge in [0.2, 0.25) is 0 Å². The molecule has 1 aliphatic rings. The number of carbonyl (C=O) groups is 1. The lowest BCUT2D eigenvalue weighted by molar-refractivity contribution is 0.0993. The molecule has 2 aromatic rings. The molecule has 0 atom stereocenters. The standard InChI is InChI=1S/C16H14BrNO/c17-14-3-1-2-11(8-14)9-16(19)13-4-5-15-12(10-13)6-7-18-15/h1-5,8,10,18H,6-7,9H2. The molecular formula is C16H14BrNO. The van der Waals surface area contributed by atoms with Crippen LogP contribution in [0.1, 0.15) is 21.5 Å². The second kappa shape index (κ2) is 5.17. The number of nitrogens with one attached hydrogen (secondary N) is 1. The van der Waals surface area contributed by atoms with Crippen LogP contribution in [-0.4, -0.2) is 12.3 Å². The van der Waals surface area contributed by atoms with E-state index in [0.717, 1.165) is 28.6 Å². The summed E-state index contributed by atoms with van der Waals surface area (Å²) < 4.78 is 1.01. The summed E-state index contributed by atoms with van der Waals surface area (Å²) in [7, 11) is 0. The zero-order chi connectivity index (χ0) is 13.2. The van der Waals surface area contributed by atoms with Gasteiger partial charge in [-0.15, -0.1) is 0 Å². The van der Waals surface area contributed by atoms with Crippen molar-refractivity contribution in [3.63, 3.8) is 0 Å². The molecule has 1 aliphatic heterocycles. The number of benzene rings is 2. The number of fused-ring (bicyclic) bond motifs is 1. The summed E-state index contributed by atoms with van der Waals surface area (Å²) in [5, 5.41) is 3.31. The molecule has 2 nitrogen and oxygen atoms in total. The van der Waals surface area contributed by atoms with Crippen molar-refractivity contribution in [1.29, 1.82) is 0 Å². The zero-order valence-corrected chi connectivity index (χ0v) is 12.0. The highest BCUT2D eigenvalue weighted by atomic mass is 79.9. The molecule has 2 aromatic carbocycles. The van der Waals surface area contributed by atoms with Crippen molar-refractivity contribution in [2.75, 3.05) is 11.9 Å². The van der Waals surface area contributed by atoms with E-state index in [1.165, 1.54) is 11.3 Å². The van der Waals surface area contributed by atoms with Crippen molar-refractivity contribution in [1.82, 2.24) is 0 Å².